The first-order valence-electron chi connectivity index (χ1n) is 7.01. The van der Waals surface area contributed by atoms with E-state index in [2.05, 4.69) is 24.1 Å². The fourth-order valence-corrected chi connectivity index (χ4v) is 1.81. The zero-order valence-corrected chi connectivity index (χ0v) is 12.1. The van der Waals surface area contributed by atoms with Crippen molar-refractivity contribution < 1.29 is 9.15 Å². The van der Waals surface area contributed by atoms with Crippen molar-refractivity contribution in [2.45, 2.75) is 39.5 Å². The van der Waals surface area contributed by atoms with Crippen molar-refractivity contribution in [3.05, 3.63) is 53.7 Å². The topological polar surface area (TPSA) is 47.3 Å². The molecule has 2 aromatic heterocycles. The van der Waals surface area contributed by atoms with Crippen LogP contribution in [0.25, 0.3) is 0 Å². The number of aromatic nitrogens is 1. The van der Waals surface area contributed by atoms with Gasteiger partial charge in [0.1, 0.15) is 12.4 Å². The van der Waals surface area contributed by atoms with Gasteiger partial charge >= 0.3 is 0 Å². The highest BCUT2D eigenvalue weighted by molar-refractivity contribution is 5.12. The molecule has 0 bridgehead atoms. The van der Waals surface area contributed by atoms with Crippen molar-refractivity contribution in [2.24, 2.45) is 0 Å². The molecule has 0 fully saturated rings. The molecular weight excluding hydrogens is 252 g/mol. The summed E-state index contributed by atoms with van der Waals surface area (Å²) in [7, 11) is 0. The Balaban J connectivity index is 1.67. The van der Waals surface area contributed by atoms with Crippen LogP contribution in [0.4, 0.5) is 0 Å². The summed E-state index contributed by atoms with van der Waals surface area (Å²) in [5, 5.41) is 3.35. The number of pyridine rings is 1. The number of hydrogen-bond acceptors (Lipinski definition) is 4. The van der Waals surface area contributed by atoms with Gasteiger partial charge in [0.2, 0.25) is 0 Å². The second-order valence-corrected chi connectivity index (χ2v) is 5.08. The maximum Gasteiger partial charge on any atom is 0.129 e. The van der Waals surface area contributed by atoms with Gasteiger partial charge in [-0.25, -0.2) is 0 Å². The zero-order chi connectivity index (χ0) is 14.2. The van der Waals surface area contributed by atoms with E-state index in [0.717, 1.165) is 30.0 Å². The molecule has 4 nitrogen and oxygen atoms in total. The van der Waals surface area contributed by atoms with Gasteiger partial charge in [-0.2, -0.15) is 0 Å². The lowest BCUT2D eigenvalue weighted by Gasteiger charge is -2.04. The van der Waals surface area contributed by atoms with E-state index in [9.17, 15) is 0 Å². The summed E-state index contributed by atoms with van der Waals surface area (Å²) in [5.74, 6) is 0.867. The summed E-state index contributed by atoms with van der Waals surface area (Å²) in [6, 6.07) is 8.42. The van der Waals surface area contributed by atoms with Crippen LogP contribution in [0, 0.1) is 0 Å². The molecular formula is C16H22N2O2. The smallest absolute Gasteiger partial charge is 0.129 e. The molecule has 2 rings (SSSR count). The van der Waals surface area contributed by atoms with E-state index in [4.69, 9.17) is 9.15 Å². The van der Waals surface area contributed by atoms with Crippen molar-refractivity contribution in [3.8, 4) is 0 Å². The predicted octanol–water partition coefficient (Wildman–Crippen LogP) is 2.93. The lowest BCUT2D eigenvalue weighted by Crippen LogP contribution is -2.21. The molecule has 0 aliphatic heterocycles. The summed E-state index contributed by atoms with van der Waals surface area (Å²) >= 11 is 0. The third kappa shape index (κ3) is 5.15. The van der Waals surface area contributed by atoms with Crippen LogP contribution in [0.5, 0.6) is 0 Å². The molecule has 0 radical (unpaired) electrons. The average Bonchev–Trinajstić information content (AvgIpc) is 2.90. The minimum atomic E-state index is 0.475. The van der Waals surface area contributed by atoms with E-state index in [-0.39, 0.29) is 0 Å². The Bertz CT molecular complexity index is 494. The molecule has 0 aliphatic rings. The van der Waals surface area contributed by atoms with E-state index in [1.165, 1.54) is 0 Å². The molecule has 20 heavy (non-hydrogen) atoms. The number of ether oxygens (including phenoxy) is 1. The summed E-state index contributed by atoms with van der Waals surface area (Å²) in [6.45, 7) is 6.24. The summed E-state index contributed by atoms with van der Waals surface area (Å²) < 4.78 is 11.1. The van der Waals surface area contributed by atoms with Crippen molar-refractivity contribution in [3.63, 3.8) is 0 Å². The second-order valence-electron chi connectivity index (χ2n) is 5.08. The van der Waals surface area contributed by atoms with Crippen LogP contribution in [-0.2, 0) is 24.3 Å². The lowest BCUT2D eigenvalue weighted by atomic mass is 10.3. The van der Waals surface area contributed by atoms with Crippen LogP contribution in [0.15, 0.2) is 41.1 Å². The molecule has 0 saturated carbocycles. The molecule has 0 amide bonds. The SMILES string of the molecule is CC(C)NCc1coc(COCCc2ccccn2)c1. The van der Waals surface area contributed by atoms with Crippen LogP contribution in [-0.4, -0.2) is 17.6 Å². The van der Waals surface area contributed by atoms with E-state index >= 15 is 0 Å². The van der Waals surface area contributed by atoms with Gasteiger partial charge in [0, 0.05) is 36.5 Å². The minimum Gasteiger partial charge on any atom is -0.467 e. The normalized spacial score (nSPS) is 11.2. The summed E-state index contributed by atoms with van der Waals surface area (Å²) in [5.41, 5.74) is 2.20. The van der Waals surface area contributed by atoms with Gasteiger partial charge in [0.15, 0.2) is 0 Å². The van der Waals surface area contributed by atoms with Crippen LogP contribution < -0.4 is 5.32 Å². The molecule has 1 N–H and O–H groups in total. The number of rotatable bonds is 8. The molecule has 0 saturated heterocycles. The van der Waals surface area contributed by atoms with Gasteiger partial charge in [-0.1, -0.05) is 19.9 Å². The Kier molecular flexibility index (Phi) is 5.77. The first kappa shape index (κ1) is 14.8. The molecule has 2 heterocycles. The Hall–Kier alpha value is -1.65. The summed E-state index contributed by atoms with van der Waals surface area (Å²) in [6.07, 6.45) is 4.41. The molecule has 2 aromatic rings. The monoisotopic (exact) mass is 274 g/mol. The highest BCUT2D eigenvalue weighted by Crippen LogP contribution is 2.09. The third-order valence-electron chi connectivity index (χ3n) is 2.90. The predicted molar refractivity (Wildman–Crippen MR) is 78.3 cm³/mol. The van der Waals surface area contributed by atoms with E-state index in [1.807, 2.05) is 24.3 Å². The molecule has 108 valence electrons. The molecule has 0 spiro atoms. The highest BCUT2D eigenvalue weighted by Gasteiger charge is 2.03. The van der Waals surface area contributed by atoms with E-state index in [1.54, 1.807) is 12.5 Å². The van der Waals surface area contributed by atoms with Gasteiger partial charge < -0.3 is 14.5 Å². The zero-order valence-electron chi connectivity index (χ0n) is 12.1. The number of hydrogen-bond donors (Lipinski definition) is 1. The Morgan fingerprint density at radius 2 is 2.25 bits per heavy atom. The number of nitrogens with zero attached hydrogens (tertiary/aromatic N) is 1. The van der Waals surface area contributed by atoms with Gasteiger partial charge in [0.05, 0.1) is 12.9 Å². The maximum atomic E-state index is 5.61. The molecule has 0 aliphatic carbocycles. The molecule has 4 heteroatoms. The minimum absolute atomic E-state index is 0.475. The average molecular weight is 274 g/mol. The van der Waals surface area contributed by atoms with Gasteiger partial charge in [-0.05, 0) is 18.2 Å². The third-order valence-corrected chi connectivity index (χ3v) is 2.90. The fraction of sp³-hybridized carbons (Fsp3) is 0.438. The largest absolute Gasteiger partial charge is 0.467 e. The molecule has 0 aromatic carbocycles. The number of nitrogens with one attached hydrogen (secondary N) is 1. The van der Waals surface area contributed by atoms with Crippen LogP contribution >= 0.6 is 0 Å². The number of furan rings is 1. The van der Waals surface area contributed by atoms with Crippen molar-refractivity contribution in [1.29, 1.82) is 0 Å². The van der Waals surface area contributed by atoms with E-state index < -0.39 is 0 Å². The standard InChI is InChI=1S/C16H22N2O2/c1-13(2)18-10-14-9-16(20-11-14)12-19-8-6-15-5-3-4-7-17-15/h3-5,7,9,11,13,18H,6,8,10,12H2,1-2H3. The second kappa shape index (κ2) is 7.82. The van der Waals surface area contributed by atoms with Crippen LogP contribution in [0.2, 0.25) is 0 Å². The highest BCUT2D eigenvalue weighted by atomic mass is 16.5. The Morgan fingerprint density at radius 3 is 3.00 bits per heavy atom. The Morgan fingerprint density at radius 1 is 1.35 bits per heavy atom. The van der Waals surface area contributed by atoms with Crippen molar-refractivity contribution in [1.82, 2.24) is 10.3 Å². The summed E-state index contributed by atoms with van der Waals surface area (Å²) in [4.78, 5) is 4.26. The molecule has 0 unspecified atom stereocenters. The van der Waals surface area contributed by atoms with Gasteiger partial charge in [0.25, 0.3) is 0 Å². The molecule has 0 atom stereocenters. The maximum absolute atomic E-state index is 5.61. The Labute approximate surface area is 120 Å². The van der Waals surface area contributed by atoms with Gasteiger partial charge in [-0.3, -0.25) is 4.98 Å². The van der Waals surface area contributed by atoms with Crippen molar-refractivity contribution in [2.75, 3.05) is 6.61 Å². The lowest BCUT2D eigenvalue weighted by molar-refractivity contribution is 0.108. The first-order chi connectivity index (χ1) is 9.74. The van der Waals surface area contributed by atoms with Crippen LogP contribution in [0.1, 0.15) is 30.9 Å². The van der Waals surface area contributed by atoms with Crippen LogP contribution in [0.3, 0.4) is 0 Å². The van der Waals surface area contributed by atoms with E-state index in [0.29, 0.717) is 19.3 Å². The quantitative estimate of drug-likeness (QED) is 0.752. The van der Waals surface area contributed by atoms with Gasteiger partial charge in [-0.15, -0.1) is 0 Å². The fourth-order valence-electron chi connectivity index (χ4n) is 1.81. The first-order valence-corrected chi connectivity index (χ1v) is 7.01. The van der Waals surface area contributed by atoms with Crippen molar-refractivity contribution >= 4 is 0 Å².